The fourth-order valence-electron chi connectivity index (χ4n) is 0.772. The van der Waals surface area contributed by atoms with E-state index in [9.17, 15) is 4.79 Å². The number of aromatic amines is 1. The molecule has 74 valence electrons. The molecule has 1 heterocycles. The maximum atomic E-state index is 11.3. The third-order valence-corrected chi connectivity index (χ3v) is 2.16. The van der Waals surface area contributed by atoms with E-state index in [1.807, 2.05) is 0 Å². The number of aromatic nitrogens is 1. The molecule has 3 nitrogen and oxygen atoms in total. The quantitative estimate of drug-likeness (QED) is 0.628. The van der Waals surface area contributed by atoms with Gasteiger partial charge in [-0.15, -0.1) is 6.42 Å². The van der Waals surface area contributed by atoms with Gasteiger partial charge in [0.25, 0.3) is 0 Å². The molecule has 1 aromatic rings. The topological polar surface area (TPSA) is 42.1 Å². The minimum Gasteiger partial charge on any atom is -0.445 e. The Balaban J connectivity index is 2.76. The molecule has 0 unspecified atom stereocenters. The molecule has 0 fully saturated rings. The molecule has 0 saturated carbocycles. The second kappa shape index (κ2) is 4.41. The van der Waals surface area contributed by atoms with Crippen LogP contribution in [0.3, 0.4) is 0 Å². The molecule has 1 N–H and O–H groups in total. The van der Waals surface area contributed by atoms with Crippen LogP contribution in [0.25, 0.3) is 0 Å². The van der Waals surface area contributed by atoms with E-state index in [4.69, 9.17) is 34.4 Å². The third kappa shape index (κ3) is 2.44. The average Bonchev–Trinajstić information content (AvgIpc) is 2.47. The second-order valence-corrected chi connectivity index (χ2v) is 3.34. The lowest BCUT2D eigenvalue weighted by molar-refractivity contribution is 0.0432. The van der Waals surface area contributed by atoms with Crippen molar-refractivity contribution >= 4 is 29.2 Å². The Labute approximate surface area is 91.3 Å². The van der Waals surface area contributed by atoms with Gasteiger partial charge in [0.1, 0.15) is 10.8 Å². The van der Waals surface area contributed by atoms with Crippen LogP contribution in [-0.2, 0) is 4.74 Å². The molecule has 0 aliphatic rings. The fraction of sp³-hybridized carbons (Fsp3) is 0.222. The van der Waals surface area contributed by atoms with Crippen molar-refractivity contribution in [2.24, 2.45) is 0 Å². The van der Waals surface area contributed by atoms with Gasteiger partial charge in [0, 0.05) is 0 Å². The maximum Gasteiger partial charge on any atom is 0.356 e. The lowest BCUT2D eigenvalue weighted by atomic mass is 10.4. The molecule has 0 amide bonds. The number of nitrogens with one attached hydrogen (secondary N) is 1. The van der Waals surface area contributed by atoms with Gasteiger partial charge in [-0.25, -0.2) is 4.79 Å². The molecule has 0 bridgehead atoms. The largest absolute Gasteiger partial charge is 0.445 e. The Morgan fingerprint density at radius 2 is 2.36 bits per heavy atom. The van der Waals surface area contributed by atoms with E-state index in [-0.39, 0.29) is 15.9 Å². The van der Waals surface area contributed by atoms with E-state index >= 15 is 0 Å². The van der Waals surface area contributed by atoms with Crippen LogP contribution in [0.2, 0.25) is 10.2 Å². The normalized spacial score (nSPS) is 11.9. The third-order valence-electron chi connectivity index (χ3n) is 1.46. The van der Waals surface area contributed by atoms with Crippen molar-refractivity contribution in [2.75, 3.05) is 0 Å². The van der Waals surface area contributed by atoms with Crippen LogP contribution in [0.5, 0.6) is 0 Å². The number of hydrogen-bond acceptors (Lipinski definition) is 2. The van der Waals surface area contributed by atoms with E-state index in [1.54, 1.807) is 6.92 Å². The van der Waals surface area contributed by atoms with Crippen molar-refractivity contribution in [3.63, 3.8) is 0 Å². The van der Waals surface area contributed by atoms with E-state index in [1.165, 1.54) is 6.07 Å². The maximum absolute atomic E-state index is 11.3. The molecule has 0 saturated heterocycles. The molecule has 0 aliphatic carbocycles. The highest BCUT2D eigenvalue weighted by molar-refractivity contribution is 6.41. The minimum absolute atomic E-state index is 0.183. The van der Waals surface area contributed by atoms with Gasteiger partial charge in [0.15, 0.2) is 6.10 Å². The number of halogens is 2. The number of ether oxygens (including phenoxy) is 1. The summed E-state index contributed by atoms with van der Waals surface area (Å²) in [7, 11) is 0. The van der Waals surface area contributed by atoms with E-state index in [0.717, 1.165) is 0 Å². The lowest BCUT2D eigenvalue weighted by Gasteiger charge is -2.04. The average molecular weight is 232 g/mol. The van der Waals surface area contributed by atoms with Crippen molar-refractivity contribution in [1.82, 2.24) is 4.98 Å². The number of rotatable bonds is 2. The number of hydrogen-bond donors (Lipinski definition) is 1. The Hall–Kier alpha value is -1.11. The molecule has 0 radical (unpaired) electrons. The number of esters is 1. The van der Waals surface area contributed by atoms with Crippen LogP contribution in [0, 0.1) is 12.3 Å². The predicted octanol–water partition coefficient (Wildman–Crippen LogP) is 2.50. The Morgan fingerprint density at radius 3 is 2.79 bits per heavy atom. The smallest absolute Gasteiger partial charge is 0.356 e. The van der Waals surface area contributed by atoms with Crippen LogP contribution in [-0.4, -0.2) is 17.1 Å². The predicted molar refractivity (Wildman–Crippen MR) is 54.5 cm³/mol. The van der Waals surface area contributed by atoms with Gasteiger partial charge < -0.3 is 9.72 Å². The summed E-state index contributed by atoms with van der Waals surface area (Å²) in [5.74, 6) is 1.68. The Morgan fingerprint density at radius 1 is 1.71 bits per heavy atom. The van der Waals surface area contributed by atoms with Gasteiger partial charge in [-0.05, 0) is 13.0 Å². The molecule has 1 atom stereocenters. The Kier molecular flexibility index (Phi) is 3.45. The zero-order valence-electron chi connectivity index (χ0n) is 7.30. The van der Waals surface area contributed by atoms with Crippen LogP contribution in [0.1, 0.15) is 17.4 Å². The number of H-pyrrole nitrogens is 1. The summed E-state index contributed by atoms with van der Waals surface area (Å²) in [6.45, 7) is 1.59. The number of terminal acetylenes is 1. The molecule has 5 heteroatoms. The zero-order chi connectivity index (χ0) is 10.7. The van der Waals surface area contributed by atoms with Gasteiger partial charge >= 0.3 is 5.97 Å². The van der Waals surface area contributed by atoms with E-state index < -0.39 is 12.1 Å². The molecular weight excluding hydrogens is 225 g/mol. The van der Waals surface area contributed by atoms with Crippen molar-refractivity contribution in [2.45, 2.75) is 13.0 Å². The molecular formula is C9H7Cl2NO2. The first kappa shape index (κ1) is 11.0. The summed E-state index contributed by atoms with van der Waals surface area (Å²) >= 11 is 11.2. The van der Waals surface area contributed by atoms with E-state index in [0.29, 0.717) is 0 Å². The van der Waals surface area contributed by atoms with Crippen LogP contribution in [0.4, 0.5) is 0 Å². The summed E-state index contributed by atoms with van der Waals surface area (Å²) in [6, 6.07) is 1.38. The van der Waals surface area contributed by atoms with Gasteiger partial charge in [-0.3, -0.25) is 0 Å². The highest BCUT2D eigenvalue weighted by Crippen LogP contribution is 2.22. The standard InChI is InChI=1S/C9H7Cl2NO2/c1-3-5(2)14-9(13)7-4-6(10)8(11)12-7/h1,4-5,12H,2H3/t5-/m1/s1. The molecule has 0 aromatic carbocycles. The van der Waals surface area contributed by atoms with Crippen LogP contribution < -0.4 is 0 Å². The van der Waals surface area contributed by atoms with Gasteiger partial charge in [0.05, 0.1) is 5.02 Å². The zero-order valence-corrected chi connectivity index (χ0v) is 8.82. The highest BCUT2D eigenvalue weighted by Gasteiger charge is 2.14. The van der Waals surface area contributed by atoms with Crippen molar-refractivity contribution in [3.8, 4) is 12.3 Å². The molecule has 0 aliphatic heterocycles. The molecule has 1 aromatic heterocycles. The highest BCUT2D eigenvalue weighted by atomic mass is 35.5. The van der Waals surface area contributed by atoms with Crippen molar-refractivity contribution in [1.29, 1.82) is 0 Å². The van der Waals surface area contributed by atoms with E-state index in [2.05, 4.69) is 10.9 Å². The van der Waals surface area contributed by atoms with Crippen LogP contribution in [0.15, 0.2) is 6.07 Å². The second-order valence-electron chi connectivity index (χ2n) is 2.56. The first-order valence-corrected chi connectivity index (χ1v) is 4.51. The van der Waals surface area contributed by atoms with Gasteiger partial charge in [0.2, 0.25) is 0 Å². The lowest BCUT2D eigenvalue weighted by Crippen LogP contribution is -2.13. The van der Waals surface area contributed by atoms with Crippen LogP contribution >= 0.6 is 23.2 Å². The molecule has 14 heavy (non-hydrogen) atoms. The first-order valence-electron chi connectivity index (χ1n) is 3.75. The molecule has 0 spiro atoms. The summed E-state index contributed by atoms with van der Waals surface area (Å²) in [6.07, 6.45) is 4.46. The molecule has 1 rings (SSSR count). The summed E-state index contributed by atoms with van der Waals surface area (Å²) in [5.41, 5.74) is 0.183. The van der Waals surface area contributed by atoms with Crippen molar-refractivity contribution < 1.29 is 9.53 Å². The van der Waals surface area contributed by atoms with Gasteiger partial charge in [-0.1, -0.05) is 29.1 Å². The van der Waals surface area contributed by atoms with Crippen molar-refractivity contribution in [3.05, 3.63) is 21.9 Å². The SMILES string of the molecule is C#C[C@@H](C)OC(=O)c1cc(Cl)c(Cl)[nH]1. The first-order chi connectivity index (χ1) is 6.54. The van der Waals surface area contributed by atoms with Gasteiger partial charge in [-0.2, -0.15) is 0 Å². The summed E-state index contributed by atoms with van der Waals surface area (Å²) in [5, 5.41) is 0.471. The Bertz CT molecular complexity index is 373. The fourth-order valence-corrected chi connectivity index (χ4v) is 1.08. The summed E-state index contributed by atoms with van der Waals surface area (Å²) < 4.78 is 4.83. The number of carbonyl (C=O) groups is 1. The monoisotopic (exact) mass is 231 g/mol. The summed E-state index contributed by atoms with van der Waals surface area (Å²) in [4.78, 5) is 13.9. The number of carbonyl (C=O) groups excluding carboxylic acids is 1. The minimum atomic E-state index is -0.580.